The molecule has 1 aromatic heterocycles. The van der Waals surface area contributed by atoms with E-state index in [1.54, 1.807) is 18.3 Å². The van der Waals surface area contributed by atoms with Gasteiger partial charge in [0, 0.05) is 10.3 Å². The number of nitrogens with one attached hydrogen (secondary N) is 1. The number of ketones is 1. The fourth-order valence-corrected chi connectivity index (χ4v) is 8.71. The van der Waals surface area contributed by atoms with Crippen LogP contribution in [0.1, 0.15) is 77.0 Å². The van der Waals surface area contributed by atoms with Crippen LogP contribution in [0.4, 0.5) is 0 Å². The molecule has 1 aromatic rings. The number of nitrogens with zero attached hydrogens (tertiary/aromatic N) is 1. The minimum atomic E-state index is -1.15. The number of carbonyl (C=O) groups excluding carboxylic acids is 2. The summed E-state index contributed by atoms with van der Waals surface area (Å²) in [7, 11) is 0. The second-order valence-electron chi connectivity index (χ2n) is 11.6. The van der Waals surface area contributed by atoms with Crippen LogP contribution in [0, 0.1) is 28.6 Å². The van der Waals surface area contributed by atoms with Gasteiger partial charge in [-0.15, -0.1) is 11.3 Å². The minimum absolute atomic E-state index is 0.0534. The molecule has 0 bridgehead atoms. The Bertz CT molecular complexity index is 1050. The molecular formula is C28H38N2O4S. The molecule has 3 fully saturated rings. The Kier molecular flexibility index (Phi) is 6.45. The van der Waals surface area contributed by atoms with Gasteiger partial charge in [-0.1, -0.05) is 30.6 Å². The molecule has 1 heterocycles. The number of aliphatic hydroxyl groups is 1. The predicted molar refractivity (Wildman–Crippen MR) is 137 cm³/mol. The van der Waals surface area contributed by atoms with Gasteiger partial charge in [-0.25, -0.2) is 0 Å². The first-order valence-corrected chi connectivity index (χ1v) is 14.0. The molecular weight excluding hydrogens is 460 g/mol. The average molecular weight is 499 g/mol. The van der Waals surface area contributed by atoms with E-state index in [9.17, 15) is 14.7 Å². The number of hydrogen-bond acceptors (Lipinski definition) is 6. The number of thiophene rings is 1. The summed E-state index contributed by atoms with van der Waals surface area (Å²) >= 11 is 1.62. The molecule has 4 aliphatic rings. The maximum Gasteiger partial charge on any atom is 0.261 e. The molecule has 4 unspecified atom stereocenters. The van der Waals surface area contributed by atoms with Gasteiger partial charge in [0.15, 0.2) is 12.4 Å². The lowest BCUT2D eigenvalue weighted by Crippen LogP contribution is -2.57. The van der Waals surface area contributed by atoms with Gasteiger partial charge in [0.05, 0.1) is 12.3 Å². The van der Waals surface area contributed by atoms with Gasteiger partial charge in [0.2, 0.25) is 0 Å². The van der Waals surface area contributed by atoms with Gasteiger partial charge in [-0.05, 0) is 99.0 Å². The molecule has 6 atom stereocenters. The second kappa shape index (κ2) is 9.15. The molecule has 1 amide bonds. The van der Waals surface area contributed by atoms with Crippen molar-refractivity contribution in [3.05, 3.63) is 34.0 Å². The quantitative estimate of drug-likeness (QED) is 0.539. The largest absolute Gasteiger partial charge is 0.385 e. The van der Waals surface area contributed by atoms with E-state index in [1.807, 2.05) is 17.5 Å². The summed E-state index contributed by atoms with van der Waals surface area (Å²) < 4.78 is 0. The van der Waals surface area contributed by atoms with Crippen LogP contribution >= 0.6 is 11.3 Å². The van der Waals surface area contributed by atoms with Gasteiger partial charge in [0.1, 0.15) is 5.60 Å². The highest BCUT2D eigenvalue weighted by Crippen LogP contribution is 2.67. The van der Waals surface area contributed by atoms with Gasteiger partial charge < -0.3 is 15.3 Å². The SMILES string of the molecule is CC(=O)C1(O)CCC2C3CCC4=C/C(=N/OCC(=O)NCc5cccs5)CC[C@]4(C)C3CC[C@@]21C. The van der Waals surface area contributed by atoms with Crippen molar-refractivity contribution in [1.29, 1.82) is 0 Å². The smallest absolute Gasteiger partial charge is 0.261 e. The molecule has 0 aromatic carbocycles. The van der Waals surface area contributed by atoms with Crippen LogP contribution in [0.2, 0.25) is 0 Å². The third-order valence-electron chi connectivity index (χ3n) is 10.1. The molecule has 6 nitrogen and oxygen atoms in total. The Morgan fingerprint density at radius 3 is 2.71 bits per heavy atom. The van der Waals surface area contributed by atoms with E-state index in [0.717, 1.165) is 55.5 Å². The first-order valence-electron chi connectivity index (χ1n) is 13.1. The van der Waals surface area contributed by atoms with Crippen LogP contribution in [0.3, 0.4) is 0 Å². The fraction of sp³-hybridized carbons (Fsp3) is 0.679. The Labute approximate surface area is 212 Å². The van der Waals surface area contributed by atoms with E-state index in [-0.39, 0.29) is 29.1 Å². The fourth-order valence-electron chi connectivity index (χ4n) is 8.06. The Hall–Kier alpha value is -1.99. The molecule has 3 saturated carbocycles. The lowest BCUT2D eigenvalue weighted by atomic mass is 9.46. The molecule has 5 rings (SSSR count). The van der Waals surface area contributed by atoms with E-state index in [4.69, 9.17) is 4.84 Å². The van der Waals surface area contributed by atoms with E-state index >= 15 is 0 Å². The lowest BCUT2D eigenvalue weighted by molar-refractivity contribution is -0.159. The van der Waals surface area contributed by atoms with Crippen molar-refractivity contribution in [2.45, 2.75) is 84.3 Å². The first-order chi connectivity index (χ1) is 16.7. The van der Waals surface area contributed by atoms with Gasteiger partial charge in [0.25, 0.3) is 5.91 Å². The van der Waals surface area contributed by atoms with Crippen molar-refractivity contribution in [3.8, 4) is 0 Å². The van der Waals surface area contributed by atoms with Crippen LogP contribution in [0.5, 0.6) is 0 Å². The number of amides is 1. The number of fused-ring (bicyclic) bond motifs is 5. The van der Waals surface area contributed by atoms with Crippen molar-refractivity contribution in [2.24, 2.45) is 33.7 Å². The Morgan fingerprint density at radius 2 is 1.97 bits per heavy atom. The van der Waals surface area contributed by atoms with Crippen LogP contribution < -0.4 is 5.32 Å². The molecule has 190 valence electrons. The van der Waals surface area contributed by atoms with Crippen LogP contribution in [0.25, 0.3) is 0 Å². The third-order valence-corrected chi connectivity index (χ3v) is 11.0. The van der Waals surface area contributed by atoms with Crippen LogP contribution in [0.15, 0.2) is 34.3 Å². The summed E-state index contributed by atoms with van der Waals surface area (Å²) in [6.07, 6.45) is 9.79. The monoisotopic (exact) mass is 498 g/mol. The molecule has 4 aliphatic carbocycles. The maximum atomic E-state index is 12.4. The summed E-state index contributed by atoms with van der Waals surface area (Å²) in [5, 5.41) is 20.5. The minimum Gasteiger partial charge on any atom is -0.385 e. The van der Waals surface area contributed by atoms with Gasteiger partial charge >= 0.3 is 0 Å². The third kappa shape index (κ3) is 4.08. The highest BCUT2D eigenvalue weighted by Gasteiger charge is 2.65. The van der Waals surface area contributed by atoms with Gasteiger partial charge in [-0.3, -0.25) is 9.59 Å². The lowest BCUT2D eigenvalue weighted by Gasteiger charge is -2.59. The first kappa shape index (κ1) is 24.7. The number of hydrogen-bond donors (Lipinski definition) is 2. The molecule has 0 aliphatic heterocycles. The van der Waals surface area contributed by atoms with E-state index in [0.29, 0.717) is 30.7 Å². The molecule has 0 spiro atoms. The summed E-state index contributed by atoms with van der Waals surface area (Å²) in [5.74, 6) is 1.34. The van der Waals surface area contributed by atoms with E-state index < -0.39 is 5.60 Å². The zero-order valence-corrected chi connectivity index (χ0v) is 22.0. The normalized spacial score (nSPS) is 39.3. The van der Waals surface area contributed by atoms with E-state index in [2.05, 4.69) is 30.4 Å². The standard InChI is InChI=1S/C28H38N2O4S/c1-18(31)28(33)13-10-24-22-7-6-19-15-20(8-11-26(19,2)23(22)9-12-27(24,28)3)30-34-17-25(32)29-16-21-5-4-14-35-21/h4-5,14-15,22-24,33H,6-13,16-17H2,1-3H3,(H,29,32)/b30-20+/t22?,23?,24?,26-,27-,28?/m0/s1. The second-order valence-corrected chi connectivity index (χ2v) is 12.7. The highest BCUT2D eigenvalue weighted by atomic mass is 32.1. The van der Waals surface area contributed by atoms with E-state index in [1.165, 1.54) is 5.57 Å². The zero-order valence-electron chi connectivity index (χ0n) is 21.1. The molecule has 0 radical (unpaired) electrons. The number of carbonyl (C=O) groups is 2. The summed E-state index contributed by atoms with van der Waals surface area (Å²) in [6.45, 7) is 6.61. The van der Waals surface area contributed by atoms with Crippen molar-refractivity contribution < 1.29 is 19.5 Å². The van der Waals surface area contributed by atoms with Crippen molar-refractivity contribution in [1.82, 2.24) is 5.32 Å². The molecule has 7 heteroatoms. The van der Waals surface area contributed by atoms with Crippen LogP contribution in [-0.4, -0.2) is 34.7 Å². The van der Waals surface area contributed by atoms with Gasteiger partial charge in [-0.2, -0.15) is 0 Å². The summed E-state index contributed by atoms with van der Waals surface area (Å²) in [6, 6.07) is 3.97. The van der Waals surface area contributed by atoms with Crippen molar-refractivity contribution in [3.63, 3.8) is 0 Å². The predicted octanol–water partition coefficient (Wildman–Crippen LogP) is 5.02. The van der Waals surface area contributed by atoms with Crippen LogP contribution in [-0.2, 0) is 21.0 Å². The number of rotatable bonds is 6. The number of Topliss-reactive ketones (excluding diaryl/α,β-unsaturated/α-hetero) is 1. The molecule has 0 saturated heterocycles. The Balaban J connectivity index is 1.23. The highest BCUT2D eigenvalue weighted by molar-refractivity contribution is 7.09. The summed E-state index contributed by atoms with van der Waals surface area (Å²) in [4.78, 5) is 31.0. The average Bonchev–Trinajstić information content (AvgIpc) is 3.44. The number of oxime groups is 1. The Morgan fingerprint density at radius 1 is 1.17 bits per heavy atom. The molecule has 35 heavy (non-hydrogen) atoms. The topological polar surface area (TPSA) is 88.0 Å². The number of allylic oxidation sites excluding steroid dienone is 2. The molecule has 2 N–H and O–H groups in total. The van der Waals surface area contributed by atoms with Crippen molar-refractivity contribution >= 4 is 28.7 Å². The zero-order chi connectivity index (χ0) is 24.8. The maximum absolute atomic E-state index is 12.4. The van der Waals surface area contributed by atoms with Crippen molar-refractivity contribution in [2.75, 3.05) is 6.61 Å². The summed E-state index contributed by atoms with van der Waals surface area (Å²) in [5.41, 5.74) is 1.07.